The molecular formula is C15H15N3S. The van der Waals surface area contributed by atoms with Crippen LogP contribution in [0.4, 0.5) is 5.69 Å². The molecule has 19 heavy (non-hydrogen) atoms. The first kappa shape index (κ1) is 12.1. The summed E-state index contributed by atoms with van der Waals surface area (Å²) in [5.74, 6) is 0. The van der Waals surface area contributed by atoms with Crippen LogP contribution < -0.4 is 5.14 Å². The average Bonchev–Trinajstić information content (AvgIpc) is 2.83. The number of benzene rings is 2. The Labute approximate surface area is 114 Å². The standard InChI is InChI=1S/C15H15N3S/c1-11-6-2-5-9-15(11)19(16)18-14-10-17-13-8-4-3-7-12(13)14/h2-10,17H,1H3,(H2,16,18). The smallest absolute Gasteiger partial charge is 0.0974 e. The first-order valence-electron chi connectivity index (χ1n) is 6.08. The third-order valence-electron chi connectivity index (χ3n) is 3.08. The van der Waals surface area contributed by atoms with Gasteiger partial charge in [0.25, 0.3) is 0 Å². The van der Waals surface area contributed by atoms with Crippen molar-refractivity contribution in [3.8, 4) is 0 Å². The van der Waals surface area contributed by atoms with E-state index in [1.807, 2.05) is 42.6 Å². The van der Waals surface area contributed by atoms with Crippen LogP contribution in [0.2, 0.25) is 0 Å². The Morgan fingerprint density at radius 3 is 2.63 bits per heavy atom. The molecule has 3 nitrogen and oxygen atoms in total. The number of nitrogens with one attached hydrogen (secondary N) is 1. The Kier molecular flexibility index (Phi) is 3.19. The summed E-state index contributed by atoms with van der Waals surface area (Å²) in [5.41, 5.74) is 3.18. The molecule has 4 heteroatoms. The highest BCUT2D eigenvalue weighted by Crippen LogP contribution is 2.27. The number of nitrogens with two attached hydrogens (primary N) is 1. The SMILES string of the molecule is Cc1ccccc1S(N)=Nc1c[nH]c2ccccc12. The van der Waals surface area contributed by atoms with Crippen LogP contribution in [0, 0.1) is 6.92 Å². The number of hydrogen-bond acceptors (Lipinski definition) is 1. The van der Waals surface area contributed by atoms with Crippen LogP contribution in [-0.4, -0.2) is 4.98 Å². The highest BCUT2D eigenvalue weighted by Gasteiger charge is 2.04. The minimum atomic E-state index is -0.625. The third kappa shape index (κ3) is 2.32. The molecule has 1 atom stereocenters. The molecule has 0 amide bonds. The van der Waals surface area contributed by atoms with Gasteiger partial charge in [0.1, 0.15) is 0 Å². The number of aryl methyl sites for hydroxylation is 1. The van der Waals surface area contributed by atoms with Crippen molar-refractivity contribution in [2.45, 2.75) is 11.8 Å². The molecule has 0 radical (unpaired) electrons. The Balaban J connectivity index is 2.09. The van der Waals surface area contributed by atoms with Gasteiger partial charge in [0.15, 0.2) is 0 Å². The molecule has 96 valence electrons. The lowest BCUT2D eigenvalue weighted by Crippen LogP contribution is -2.04. The van der Waals surface area contributed by atoms with Crippen molar-refractivity contribution in [2.24, 2.45) is 9.50 Å². The van der Waals surface area contributed by atoms with E-state index in [4.69, 9.17) is 5.14 Å². The van der Waals surface area contributed by atoms with Crippen molar-refractivity contribution in [2.75, 3.05) is 0 Å². The van der Waals surface area contributed by atoms with Crippen LogP contribution in [0.5, 0.6) is 0 Å². The van der Waals surface area contributed by atoms with E-state index < -0.39 is 10.9 Å². The largest absolute Gasteiger partial charge is 0.359 e. The molecule has 3 N–H and O–H groups in total. The first-order chi connectivity index (χ1) is 9.25. The summed E-state index contributed by atoms with van der Waals surface area (Å²) < 4.78 is 4.65. The minimum absolute atomic E-state index is 0.625. The van der Waals surface area contributed by atoms with Crippen LogP contribution in [0.15, 0.2) is 64.0 Å². The number of fused-ring (bicyclic) bond motifs is 1. The second kappa shape index (κ2) is 4.99. The van der Waals surface area contributed by atoms with Crippen LogP contribution in [-0.2, 0) is 10.9 Å². The fourth-order valence-electron chi connectivity index (χ4n) is 2.08. The Bertz CT molecular complexity index is 759. The van der Waals surface area contributed by atoms with E-state index in [0.717, 1.165) is 21.5 Å². The van der Waals surface area contributed by atoms with Crippen LogP contribution in [0.3, 0.4) is 0 Å². The number of nitrogens with zero attached hydrogens (tertiary/aromatic N) is 1. The summed E-state index contributed by atoms with van der Waals surface area (Å²) in [4.78, 5) is 4.31. The molecule has 0 fully saturated rings. The van der Waals surface area contributed by atoms with Crippen molar-refractivity contribution >= 4 is 27.5 Å². The van der Waals surface area contributed by atoms with Gasteiger partial charge in [-0.2, -0.15) is 0 Å². The van der Waals surface area contributed by atoms with Gasteiger partial charge in [0.2, 0.25) is 0 Å². The highest BCUT2D eigenvalue weighted by molar-refractivity contribution is 7.85. The van der Waals surface area contributed by atoms with E-state index in [1.54, 1.807) is 0 Å². The maximum absolute atomic E-state index is 6.23. The molecule has 0 bridgehead atoms. The molecule has 2 aromatic carbocycles. The minimum Gasteiger partial charge on any atom is -0.359 e. The van der Waals surface area contributed by atoms with Crippen molar-refractivity contribution in [3.63, 3.8) is 0 Å². The number of hydrogen-bond donors (Lipinski definition) is 2. The van der Waals surface area contributed by atoms with Crippen molar-refractivity contribution in [1.82, 2.24) is 4.98 Å². The summed E-state index contributed by atoms with van der Waals surface area (Å²) in [6.07, 6.45) is 1.91. The highest BCUT2D eigenvalue weighted by atomic mass is 32.2. The maximum Gasteiger partial charge on any atom is 0.0974 e. The Hall–Kier alpha value is -1.91. The van der Waals surface area contributed by atoms with Gasteiger partial charge in [-0.25, -0.2) is 4.36 Å². The number of rotatable bonds is 2. The normalized spacial score (nSPS) is 12.9. The van der Waals surface area contributed by atoms with Gasteiger partial charge in [0, 0.05) is 32.9 Å². The Morgan fingerprint density at radius 2 is 1.79 bits per heavy atom. The molecule has 0 aliphatic rings. The van der Waals surface area contributed by atoms with E-state index in [2.05, 4.69) is 28.4 Å². The van der Waals surface area contributed by atoms with Crippen LogP contribution in [0.1, 0.15) is 5.56 Å². The summed E-state index contributed by atoms with van der Waals surface area (Å²) >= 11 is 0. The molecule has 0 aliphatic carbocycles. The summed E-state index contributed by atoms with van der Waals surface area (Å²) in [6.45, 7) is 2.06. The van der Waals surface area contributed by atoms with E-state index in [1.165, 1.54) is 5.56 Å². The third-order valence-corrected chi connectivity index (χ3v) is 4.39. The van der Waals surface area contributed by atoms with Gasteiger partial charge in [-0.3, -0.25) is 5.14 Å². The van der Waals surface area contributed by atoms with Gasteiger partial charge in [0.05, 0.1) is 5.69 Å². The van der Waals surface area contributed by atoms with Crippen LogP contribution in [0.25, 0.3) is 10.9 Å². The topological polar surface area (TPSA) is 54.2 Å². The van der Waals surface area contributed by atoms with Crippen molar-refractivity contribution in [1.29, 1.82) is 0 Å². The monoisotopic (exact) mass is 269 g/mol. The summed E-state index contributed by atoms with van der Waals surface area (Å²) in [7, 11) is -0.625. The van der Waals surface area contributed by atoms with E-state index in [0.29, 0.717) is 0 Å². The molecule has 1 heterocycles. The number of H-pyrrole nitrogens is 1. The second-order valence-corrected chi connectivity index (χ2v) is 5.64. The van der Waals surface area contributed by atoms with Crippen LogP contribution >= 0.6 is 0 Å². The second-order valence-electron chi connectivity index (χ2n) is 4.39. The lowest BCUT2D eigenvalue weighted by Gasteiger charge is -2.05. The van der Waals surface area contributed by atoms with Gasteiger partial charge in [-0.15, -0.1) is 0 Å². The summed E-state index contributed by atoms with van der Waals surface area (Å²) in [5, 5.41) is 7.34. The number of aromatic amines is 1. The predicted molar refractivity (Wildman–Crippen MR) is 81.4 cm³/mol. The van der Waals surface area contributed by atoms with Gasteiger partial charge >= 0.3 is 0 Å². The quantitative estimate of drug-likeness (QED) is 0.729. The molecule has 0 spiro atoms. The predicted octanol–water partition coefficient (Wildman–Crippen LogP) is 3.84. The zero-order valence-electron chi connectivity index (χ0n) is 10.6. The van der Waals surface area contributed by atoms with Crippen molar-refractivity contribution < 1.29 is 0 Å². The molecule has 3 rings (SSSR count). The molecule has 0 saturated heterocycles. The number of aromatic nitrogens is 1. The molecule has 1 aromatic heterocycles. The average molecular weight is 269 g/mol. The van der Waals surface area contributed by atoms with Gasteiger partial charge in [-0.05, 0) is 24.6 Å². The fraction of sp³-hybridized carbons (Fsp3) is 0.0667. The van der Waals surface area contributed by atoms with Gasteiger partial charge in [-0.1, -0.05) is 36.4 Å². The van der Waals surface area contributed by atoms with Gasteiger partial charge < -0.3 is 4.98 Å². The molecule has 1 unspecified atom stereocenters. The first-order valence-corrected chi connectivity index (χ1v) is 7.32. The molecule has 0 aliphatic heterocycles. The fourth-order valence-corrected chi connectivity index (χ4v) is 3.16. The molecule has 3 aromatic rings. The maximum atomic E-state index is 6.23. The zero-order valence-corrected chi connectivity index (χ0v) is 11.4. The lowest BCUT2D eigenvalue weighted by molar-refractivity contribution is 1.29. The van der Waals surface area contributed by atoms with Crippen molar-refractivity contribution in [3.05, 3.63) is 60.3 Å². The van der Waals surface area contributed by atoms with E-state index in [9.17, 15) is 0 Å². The Morgan fingerprint density at radius 1 is 1.05 bits per heavy atom. The zero-order chi connectivity index (χ0) is 13.2. The summed E-state index contributed by atoms with van der Waals surface area (Å²) in [6, 6.07) is 16.2. The lowest BCUT2D eigenvalue weighted by atomic mass is 10.2. The van der Waals surface area contributed by atoms with E-state index in [-0.39, 0.29) is 0 Å². The van der Waals surface area contributed by atoms with E-state index >= 15 is 0 Å². The molecular weight excluding hydrogens is 254 g/mol. The number of para-hydroxylation sites is 1. The molecule has 0 saturated carbocycles.